The summed E-state index contributed by atoms with van der Waals surface area (Å²) in [5.41, 5.74) is 4.74. The second-order valence-electron chi connectivity index (χ2n) is 4.49. The van der Waals surface area contributed by atoms with Gasteiger partial charge in [0.2, 0.25) is 0 Å². The number of nitrogens with zero attached hydrogens (tertiary/aromatic N) is 2. The van der Waals surface area contributed by atoms with Crippen molar-refractivity contribution in [3.63, 3.8) is 0 Å². The van der Waals surface area contributed by atoms with Crippen LogP contribution >= 0.6 is 0 Å². The predicted octanol–water partition coefficient (Wildman–Crippen LogP) is 3.34. The fourth-order valence-corrected chi connectivity index (χ4v) is 2.10. The zero-order chi connectivity index (χ0) is 13.7. The molecule has 1 N–H and O–H groups in total. The molecule has 6 nitrogen and oxygen atoms in total. The van der Waals surface area contributed by atoms with Crippen LogP contribution in [-0.4, -0.2) is 17.7 Å². The Morgan fingerprint density at radius 1 is 1.32 bits per heavy atom. The highest BCUT2D eigenvalue weighted by molar-refractivity contribution is 5.85. The summed E-state index contributed by atoms with van der Waals surface area (Å²) < 4.78 is 5.14. The van der Waals surface area contributed by atoms with E-state index in [-0.39, 0.29) is 5.69 Å². The first-order valence-electron chi connectivity index (χ1n) is 6.34. The van der Waals surface area contributed by atoms with Crippen molar-refractivity contribution in [2.75, 3.05) is 12.5 Å². The molecule has 0 saturated heterocycles. The highest BCUT2D eigenvalue weighted by Crippen LogP contribution is 2.29. The van der Waals surface area contributed by atoms with Gasteiger partial charge in [0.05, 0.1) is 23.8 Å². The molecule has 0 spiro atoms. The van der Waals surface area contributed by atoms with Crippen molar-refractivity contribution < 1.29 is 9.66 Å². The molecule has 102 valence electrons. The SMILES string of the molecule is COc1cc([N+](=O)[O-])ccc1NN=C1CCCCC1. The van der Waals surface area contributed by atoms with E-state index in [0.717, 1.165) is 18.6 Å². The standard InChI is InChI=1S/C13H17N3O3/c1-19-13-9-11(16(17)18)7-8-12(13)15-14-10-5-3-2-4-6-10/h7-9,15H,2-6H2,1H3. The molecule has 1 aliphatic carbocycles. The first-order chi connectivity index (χ1) is 9.20. The first-order valence-corrected chi connectivity index (χ1v) is 6.34. The molecule has 0 aliphatic heterocycles. The molecule has 1 fully saturated rings. The van der Waals surface area contributed by atoms with Crippen LogP contribution in [0.5, 0.6) is 5.75 Å². The molecule has 1 saturated carbocycles. The molecule has 1 aliphatic rings. The number of anilines is 1. The van der Waals surface area contributed by atoms with Crippen LogP contribution in [0.4, 0.5) is 11.4 Å². The third-order valence-corrected chi connectivity index (χ3v) is 3.16. The molecule has 0 radical (unpaired) electrons. The molecule has 0 unspecified atom stereocenters. The number of nitrogens with one attached hydrogen (secondary N) is 1. The Morgan fingerprint density at radius 2 is 2.05 bits per heavy atom. The van der Waals surface area contributed by atoms with Crippen molar-refractivity contribution in [2.45, 2.75) is 32.1 Å². The molecule has 1 aromatic carbocycles. The third-order valence-electron chi connectivity index (χ3n) is 3.16. The molecule has 0 atom stereocenters. The normalized spacial score (nSPS) is 14.9. The lowest BCUT2D eigenvalue weighted by Gasteiger charge is -2.13. The van der Waals surface area contributed by atoms with E-state index in [4.69, 9.17) is 4.74 Å². The van der Waals surface area contributed by atoms with Crippen LogP contribution < -0.4 is 10.2 Å². The second kappa shape index (κ2) is 6.17. The number of nitro groups is 1. The highest BCUT2D eigenvalue weighted by atomic mass is 16.6. The molecular formula is C13H17N3O3. The molecule has 2 rings (SSSR count). The lowest BCUT2D eigenvalue weighted by atomic mass is 9.99. The van der Waals surface area contributed by atoms with E-state index in [2.05, 4.69) is 10.5 Å². The van der Waals surface area contributed by atoms with Crippen LogP contribution in [0.2, 0.25) is 0 Å². The Hall–Kier alpha value is -2.11. The van der Waals surface area contributed by atoms with Gasteiger partial charge in [-0.2, -0.15) is 5.10 Å². The molecule has 0 heterocycles. The smallest absolute Gasteiger partial charge is 0.273 e. The largest absolute Gasteiger partial charge is 0.494 e. The van der Waals surface area contributed by atoms with Gasteiger partial charge in [0.15, 0.2) is 5.75 Å². The number of nitro benzene ring substituents is 1. The number of methoxy groups -OCH3 is 1. The van der Waals surface area contributed by atoms with Gasteiger partial charge in [-0.3, -0.25) is 15.5 Å². The van der Waals surface area contributed by atoms with Gasteiger partial charge in [-0.05, 0) is 31.7 Å². The van der Waals surface area contributed by atoms with Crippen LogP contribution in [0.25, 0.3) is 0 Å². The van der Waals surface area contributed by atoms with Crippen molar-refractivity contribution in [3.05, 3.63) is 28.3 Å². The topological polar surface area (TPSA) is 76.8 Å². The number of hydrogen-bond acceptors (Lipinski definition) is 5. The van der Waals surface area contributed by atoms with Crippen LogP contribution in [0.1, 0.15) is 32.1 Å². The number of rotatable bonds is 4. The quantitative estimate of drug-likeness (QED) is 0.667. The Morgan fingerprint density at radius 3 is 2.68 bits per heavy atom. The third kappa shape index (κ3) is 3.43. The average molecular weight is 263 g/mol. The molecule has 1 aromatic rings. The summed E-state index contributed by atoms with van der Waals surface area (Å²) >= 11 is 0. The lowest BCUT2D eigenvalue weighted by molar-refractivity contribution is -0.384. The van der Waals surface area contributed by atoms with E-state index in [1.165, 1.54) is 38.5 Å². The minimum atomic E-state index is -0.445. The summed E-state index contributed by atoms with van der Waals surface area (Å²) in [6.45, 7) is 0. The van der Waals surface area contributed by atoms with Crippen molar-refractivity contribution in [2.24, 2.45) is 5.10 Å². The molecule has 0 aromatic heterocycles. The van der Waals surface area contributed by atoms with Crippen molar-refractivity contribution >= 4 is 17.1 Å². The van der Waals surface area contributed by atoms with Crippen LogP contribution in [0.3, 0.4) is 0 Å². The number of non-ortho nitro benzene ring substituents is 1. The summed E-state index contributed by atoms with van der Waals surface area (Å²) in [5, 5.41) is 15.0. The average Bonchev–Trinajstić information content (AvgIpc) is 2.45. The van der Waals surface area contributed by atoms with Crippen LogP contribution in [0, 0.1) is 10.1 Å². The first kappa shape index (κ1) is 13.3. The Bertz CT molecular complexity index is 492. The van der Waals surface area contributed by atoms with Crippen molar-refractivity contribution in [3.8, 4) is 5.75 Å². The highest BCUT2D eigenvalue weighted by Gasteiger charge is 2.12. The lowest BCUT2D eigenvalue weighted by Crippen LogP contribution is -2.07. The van der Waals surface area contributed by atoms with E-state index in [1.54, 1.807) is 6.07 Å². The molecule has 0 bridgehead atoms. The molecule has 19 heavy (non-hydrogen) atoms. The monoisotopic (exact) mass is 263 g/mol. The van der Waals surface area contributed by atoms with Crippen molar-refractivity contribution in [1.82, 2.24) is 0 Å². The number of hydrazone groups is 1. The maximum Gasteiger partial charge on any atom is 0.273 e. The zero-order valence-corrected chi connectivity index (χ0v) is 10.9. The maximum absolute atomic E-state index is 10.7. The van der Waals surface area contributed by atoms with E-state index in [9.17, 15) is 10.1 Å². The van der Waals surface area contributed by atoms with Gasteiger partial charge in [0.25, 0.3) is 5.69 Å². The van der Waals surface area contributed by atoms with Gasteiger partial charge in [-0.15, -0.1) is 0 Å². The van der Waals surface area contributed by atoms with Gasteiger partial charge >= 0.3 is 0 Å². The zero-order valence-electron chi connectivity index (χ0n) is 10.9. The van der Waals surface area contributed by atoms with Crippen LogP contribution in [0.15, 0.2) is 23.3 Å². The second-order valence-corrected chi connectivity index (χ2v) is 4.49. The summed E-state index contributed by atoms with van der Waals surface area (Å²) in [6, 6.07) is 4.44. The predicted molar refractivity (Wildman–Crippen MR) is 73.8 cm³/mol. The number of hydrogen-bond donors (Lipinski definition) is 1. The summed E-state index contributed by atoms with van der Waals surface area (Å²) in [4.78, 5) is 10.2. The fourth-order valence-electron chi connectivity index (χ4n) is 2.10. The van der Waals surface area contributed by atoms with Gasteiger partial charge < -0.3 is 4.74 Å². The number of benzene rings is 1. The minimum Gasteiger partial charge on any atom is -0.494 e. The Labute approximate surface area is 111 Å². The fraction of sp³-hybridized carbons (Fsp3) is 0.462. The van der Waals surface area contributed by atoms with Crippen molar-refractivity contribution in [1.29, 1.82) is 0 Å². The van der Waals surface area contributed by atoms with Gasteiger partial charge in [0, 0.05) is 11.8 Å². The Kier molecular flexibility index (Phi) is 4.33. The summed E-state index contributed by atoms with van der Waals surface area (Å²) in [5.74, 6) is 0.425. The molecular weight excluding hydrogens is 246 g/mol. The van der Waals surface area contributed by atoms with E-state index < -0.39 is 4.92 Å². The van der Waals surface area contributed by atoms with E-state index >= 15 is 0 Å². The maximum atomic E-state index is 10.7. The summed E-state index contributed by atoms with van der Waals surface area (Å²) in [6.07, 6.45) is 5.65. The van der Waals surface area contributed by atoms with Gasteiger partial charge in [-0.1, -0.05) is 6.42 Å². The molecule has 0 amide bonds. The van der Waals surface area contributed by atoms with Gasteiger partial charge in [0.1, 0.15) is 0 Å². The van der Waals surface area contributed by atoms with Gasteiger partial charge in [-0.25, -0.2) is 0 Å². The number of ether oxygens (including phenoxy) is 1. The molecule has 6 heteroatoms. The van der Waals surface area contributed by atoms with Crippen LogP contribution in [-0.2, 0) is 0 Å². The Balaban J connectivity index is 2.13. The minimum absolute atomic E-state index is 0.00715. The summed E-state index contributed by atoms with van der Waals surface area (Å²) in [7, 11) is 1.48. The van der Waals surface area contributed by atoms with E-state index in [0.29, 0.717) is 11.4 Å². The van der Waals surface area contributed by atoms with E-state index in [1.807, 2.05) is 0 Å².